The first-order chi connectivity index (χ1) is 14.8. The Morgan fingerprint density at radius 1 is 0.844 bits per heavy atom. The number of rotatable bonds is 8. The second-order valence-corrected chi connectivity index (χ2v) is 8.77. The monoisotopic (exact) mass is 462 g/mol. The maximum absolute atomic E-state index is 15.1. The highest BCUT2D eigenvalue weighted by Crippen LogP contribution is 2.68. The Balaban J connectivity index is 1.83. The molecule has 1 saturated carbocycles. The van der Waals surface area contributed by atoms with Crippen molar-refractivity contribution >= 4 is 5.57 Å². The van der Waals surface area contributed by atoms with E-state index in [4.69, 9.17) is 0 Å². The summed E-state index contributed by atoms with van der Waals surface area (Å²) >= 11 is 0. The van der Waals surface area contributed by atoms with Gasteiger partial charge in [-0.2, -0.15) is 26.3 Å². The van der Waals surface area contributed by atoms with Crippen LogP contribution in [0.2, 0.25) is 0 Å². The van der Waals surface area contributed by atoms with Crippen LogP contribution < -0.4 is 4.74 Å². The SMILES string of the molecule is CCCC(C)OC1(F)C(F)(F)C(F)(F)C1(F)Oc1ccc(C2=CC=C(C(C)C)CC2)cc1. The van der Waals surface area contributed by atoms with E-state index in [0.29, 0.717) is 12.3 Å². The summed E-state index contributed by atoms with van der Waals surface area (Å²) in [7, 11) is 0. The van der Waals surface area contributed by atoms with Crippen molar-refractivity contribution in [3.63, 3.8) is 0 Å². The molecule has 32 heavy (non-hydrogen) atoms. The lowest BCUT2D eigenvalue weighted by Crippen LogP contribution is -2.89. The first-order valence-electron chi connectivity index (χ1n) is 10.8. The Labute approximate surface area is 184 Å². The summed E-state index contributed by atoms with van der Waals surface area (Å²) in [6, 6.07) is 5.30. The third kappa shape index (κ3) is 3.64. The molecular formula is C24H28F6O2. The molecule has 0 bridgehead atoms. The third-order valence-electron chi connectivity index (χ3n) is 6.08. The average molecular weight is 462 g/mol. The smallest absolute Gasteiger partial charge is 0.390 e. The van der Waals surface area contributed by atoms with Crippen LogP contribution in [0.5, 0.6) is 5.75 Å². The van der Waals surface area contributed by atoms with Gasteiger partial charge in [0, 0.05) is 0 Å². The molecule has 3 atom stereocenters. The molecule has 0 amide bonds. The molecule has 2 aliphatic carbocycles. The molecule has 0 heterocycles. The lowest BCUT2D eigenvalue weighted by atomic mass is 9.76. The van der Waals surface area contributed by atoms with Gasteiger partial charge in [0.25, 0.3) is 0 Å². The van der Waals surface area contributed by atoms with Crippen molar-refractivity contribution in [2.24, 2.45) is 5.92 Å². The minimum atomic E-state index is -5.41. The molecule has 1 fully saturated rings. The van der Waals surface area contributed by atoms with Gasteiger partial charge in [0.1, 0.15) is 5.75 Å². The Morgan fingerprint density at radius 3 is 1.94 bits per heavy atom. The number of hydrogen-bond acceptors (Lipinski definition) is 2. The largest absolute Gasteiger partial charge is 0.448 e. The number of halogens is 6. The lowest BCUT2D eigenvalue weighted by Gasteiger charge is -2.56. The number of hydrogen-bond donors (Lipinski definition) is 0. The average Bonchev–Trinajstić information content (AvgIpc) is 2.73. The minimum Gasteiger partial charge on any atom is -0.448 e. The van der Waals surface area contributed by atoms with Gasteiger partial charge in [0.2, 0.25) is 0 Å². The highest BCUT2D eigenvalue weighted by molar-refractivity contribution is 5.69. The third-order valence-corrected chi connectivity index (χ3v) is 6.08. The first-order valence-corrected chi connectivity index (χ1v) is 10.8. The van der Waals surface area contributed by atoms with Crippen LogP contribution in [-0.4, -0.2) is 29.7 Å². The van der Waals surface area contributed by atoms with Crippen molar-refractivity contribution in [2.75, 3.05) is 0 Å². The van der Waals surface area contributed by atoms with Crippen LogP contribution in [-0.2, 0) is 4.74 Å². The van der Waals surface area contributed by atoms with Crippen LogP contribution in [0.3, 0.4) is 0 Å². The van der Waals surface area contributed by atoms with E-state index >= 15 is 4.39 Å². The molecular weight excluding hydrogens is 434 g/mol. The zero-order valence-corrected chi connectivity index (χ0v) is 18.5. The minimum absolute atomic E-state index is 0.0835. The van der Waals surface area contributed by atoms with Gasteiger partial charge < -0.3 is 9.47 Å². The number of alkyl halides is 6. The van der Waals surface area contributed by atoms with Crippen molar-refractivity contribution in [1.82, 2.24) is 0 Å². The summed E-state index contributed by atoms with van der Waals surface area (Å²) in [6.45, 7) is 7.08. The van der Waals surface area contributed by atoms with Gasteiger partial charge in [0.15, 0.2) is 0 Å². The Hall–Kier alpha value is -1.96. The highest BCUT2D eigenvalue weighted by Gasteiger charge is 3.02. The summed E-state index contributed by atoms with van der Waals surface area (Å²) < 4.78 is 95.2. The van der Waals surface area contributed by atoms with Gasteiger partial charge >= 0.3 is 23.6 Å². The van der Waals surface area contributed by atoms with E-state index in [1.54, 1.807) is 6.92 Å². The van der Waals surface area contributed by atoms with Gasteiger partial charge in [-0.3, -0.25) is 0 Å². The molecule has 8 heteroatoms. The van der Waals surface area contributed by atoms with E-state index in [2.05, 4.69) is 23.3 Å². The topological polar surface area (TPSA) is 18.5 Å². The summed E-state index contributed by atoms with van der Waals surface area (Å²) in [4.78, 5) is 0. The zero-order valence-electron chi connectivity index (χ0n) is 18.5. The van der Waals surface area contributed by atoms with Crippen LogP contribution in [0.1, 0.15) is 58.9 Å². The van der Waals surface area contributed by atoms with Gasteiger partial charge in [0.05, 0.1) is 6.10 Å². The van der Waals surface area contributed by atoms with E-state index in [-0.39, 0.29) is 6.42 Å². The zero-order chi connectivity index (χ0) is 23.9. The van der Waals surface area contributed by atoms with E-state index in [9.17, 15) is 22.0 Å². The quantitative estimate of drug-likeness (QED) is 0.370. The number of benzene rings is 1. The van der Waals surface area contributed by atoms with Crippen LogP contribution >= 0.6 is 0 Å². The predicted molar refractivity (Wildman–Crippen MR) is 110 cm³/mol. The summed E-state index contributed by atoms with van der Waals surface area (Å²) in [5.74, 6) is -20.2. The van der Waals surface area contributed by atoms with Crippen molar-refractivity contribution in [3.05, 3.63) is 47.6 Å². The van der Waals surface area contributed by atoms with E-state index in [1.165, 1.54) is 24.6 Å². The maximum atomic E-state index is 15.1. The highest BCUT2D eigenvalue weighted by atomic mass is 19.3. The van der Waals surface area contributed by atoms with Crippen molar-refractivity contribution in [2.45, 2.75) is 83.0 Å². The lowest BCUT2D eigenvalue weighted by molar-refractivity contribution is -0.546. The van der Waals surface area contributed by atoms with Gasteiger partial charge in [-0.05, 0) is 55.4 Å². The molecule has 178 valence electrons. The van der Waals surface area contributed by atoms with Crippen molar-refractivity contribution < 1.29 is 35.8 Å². The molecule has 3 unspecified atom stereocenters. The second-order valence-electron chi connectivity index (χ2n) is 8.77. The van der Waals surface area contributed by atoms with Crippen molar-refractivity contribution in [1.29, 1.82) is 0 Å². The molecule has 0 aliphatic heterocycles. The Bertz CT molecular complexity index is 892. The fourth-order valence-electron chi connectivity index (χ4n) is 4.04. The van der Waals surface area contributed by atoms with E-state index < -0.39 is 35.4 Å². The van der Waals surface area contributed by atoms with Gasteiger partial charge in [-0.25, -0.2) is 0 Å². The van der Waals surface area contributed by atoms with Crippen LogP contribution in [0.4, 0.5) is 26.3 Å². The second kappa shape index (κ2) is 8.43. The van der Waals surface area contributed by atoms with E-state index in [0.717, 1.165) is 36.1 Å². The molecule has 3 rings (SSSR count). The molecule has 0 N–H and O–H groups in total. The molecule has 0 radical (unpaired) electrons. The van der Waals surface area contributed by atoms with E-state index in [1.807, 2.05) is 12.2 Å². The summed E-state index contributed by atoms with van der Waals surface area (Å²) in [6.07, 6.45) is 4.88. The molecule has 0 spiro atoms. The molecule has 0 aromatic heterocycles. The van der Waals surface area contributed by atoms with Crippen LogP contribution in [0.25, 0.3) is 5.57 Å². The number of allylic oxidation sites excluding steroid dienone is 4. The Morgan fingerprint density at radius 2 is 1.44 bits per heavy atom. The van der Waals surface area contributed by atoms with Gasteiger partial charge in [-0.15, -0.1) is 0 Å². The van der Waals surface area contributed by atoms with Gasteiger partial charge in [-0.1, -0.05) is 57.0 Å². The molecule has 1 aromatic rings. The standard InChI is InChI=1S/C24H28F6O2/c1-5-6-16(4)31-23(29)21(25,26)22(27,28)24(23,30)32-20-13-11-19(12-14-20)18-9-7-17(8-10-18)15(2)3/h7,9,11-16H,5-6,8,10H2,1-4H3. The molecule has 1 aromatic carbocycles. The van der Waals surface area contributed by atoms with Crippen molar-refractivity contribution in [3.8, 4) is 5.75 Å². The Kier molecular flexibility index (Phi) is 6.50. The first kappa shape index (κ1) is 24.7. The fourth-order valence-corrected chi connectivity index (χ4v) is 4.04. The molecule has 2 aliphatic rings. The molecule has 0 saturated heterocycles. The summed E-state index contributed by atoms with van der Waals surface area (Å²) in [5.41, 5.74) is 3.03. The normalized spacial score (nSPS) is 29.7. The maximum Gasteiger partial charge on any atom is 0.390 e. The molecule has 2 nitrogen and oxygen atoms in total. The predicted octanol–water partition coefficient (Wildman–Crippen LogP) is 7.65. The van der Waals surface area contributed by atoms with Crippen LogP contribution in [0.15, 0.2) is 42.0 Å². The fraction of sp³-hybridized carbons (Fsp3) is 0.583. The number of ether oxygens (including phenoxy) is 2. The summed E-state index contributed by atoms with van der Waals surface area (Å²) in [5, 5.41) is 0. The van der Waals surface area contributed by atoms with Crippen LogP contribution in [0, 0.1) is 5.92 Å².